The molecular formula is C21H23FN2O. The zero-order valence-corrected chi connectivity index (χ0v) is 14.4. The van der Waals surface area contributed by atoms with Crippen molar-refractivity contribution in [3.05, 3.63) is 65.6 Å². The van der Waals surface area contributed by atoms with Gasteiger partial charge in [0, 0.05) is 17.1 Å². The fraction of sp³-hybridized carbons (Fsp3) is 0.333. The van der Waals surface area contributed by atoms with E-state index in [9.17, 15) is 4.39 Å². The van der Waals surface area contributed by atoms with Gasteiger partial charge in [-0.3, -0.25) is 0 Å². The van der Waals surface area contributed by atoms with E-state index in [0.29, 0.717) is 11.8 Å². The maximum atomic E-state index is 13.5. The lowest BCUT2D eigenvalue weighted by Gasteiger charge is -2.06. The maximum Gasteiger partial charge on any atom is 0.123 e. The first kappa shape index (κ1) is 16.2. The molecule has 1 heterocycles. The summed E-state index contributed by atoms with van der Waals surface area (Å²) >= 11 is 0. The predicted molar refractivity (Wildman–Crippen MR) is 98.7 cm³/mol. The Hall–Kier alpha value is -2.33. The van der Waals surface area contributed by atoms with Gasteiger partial charge in [-0.15, -0.1) is 0 Å². The SMILES string of the molecule is COc1ccc(CCNCC2CC2c2c[nH]c3ccc(F)cc23)cc1. The Bertz CT molecular complexity index is 856. The van der Waals surface area contributed by atoms with E-state index in [1.807, 2.05) is 24.4 Å². The molecule has 1 fully saturated rings. The Morgan fingerprint density at radius 3 is 2.84 bits per heavy atom. The van der Waals surface area contributed by atoms with Gasteiger partial charge in [0.05, 0.1) is 7.11 Å². The standard InChI is InChI=1S/C21H23FN2O/c1-25-17-5-2-14(3-6-17)8-9-23-12-15-10-18(15)20-13-24-21-7-4-16(22)11-19(20)21/h2-7,11,13,15,18,23-24H,8-10,12H2,1H3. The number of halogens is 1. The summed E-state index contributed by atoms with van der Waals surface area (Å²) in [6.45, 7) is 1.99. The summed E-state index contributed by atoms with van der Waals surface area (Å²) in [7, 11) is 1.69. The number of rotatable bonds is 7. The molecule has 4 heteroatoms. The predicted octanol–water partition coefficient (Wildman–Crippen LogP) is 4.25. The van der Waals surface area contributed by atoms with Crippen molar-refractivity contribution < 1.29 is 9.13 Å². The summed E-state index contributed by atoms with van der Waals surface area (Å²) in [6.07, 6.45) is 4.24. The topological polar surface area (TPSA) is 37.0 Å². The molecule has 3 nitrogen and oxygen atoms in total. The molecule has 0 radical (unpaired) electrons. The molecule has 130 valence electrons. The van der Waals surface area contributed by atoms with Crippen LogP contribution in [-0.2, 0) is 6.42 Å². The molecule has 2 atom stereocenters. The molecular weight excluding hydrogens is 315 g/mol. The van der Waals surface area contributed by atoms with Crippen LogP contribution >= 0.6 is 0 Å². The highest BCUT2D eigenvalue weighted by atomic mass is 19.1. The lowest BCUT2D eigenvalue weighted by Crippen LogP contribution is -2.20. The van der Waals surface area contributed by atoms with Gasteiger partial charge in [-0.25, -0.2) is 4.39 Å². The molecule has 1 aromatic heterocycles. The van der Waals surface area contributed by atoms with Crippen LogP contribution in [0.4, 0.5) is 4.39 Å². The molecule has 3 aromatic rings. The molecule has 0 saturated heterocycles. The van der Waals surface area contributed by atoms with Gasteiger partial charge in [-0.1, -0.05) is 12.1 Å². The van der Waals surface area contributed by atoms with Crippen LogP contribution in [-0.4, -0.2) is 25.2 Å². The quantitative estimate of drug-likeness (QED) is 0.632. The highest BCUT2D eigenvalue weighted by Gasteiger charge is 2.39. The Balaban J connectivity index is 1.27. The fourth-order valence-corrected chi connectivity index (χ4v) is 3.59. The Labute approximate surface area is 147 Å². The second kappa shape index (κ2) is 6.89. The van der Waals surface area contributed by atoms with Crippen molar-refractivity contribution in [2.45, 2.75) is 18.8 Å². The van der Waals surface area contributed by atoms with Crippen LogP contribution in [0, 0.1) is 11.7 Å². The van der Waals surface area contributed by atoms with Gasteiger partial charge in [0.25, 0.3) is 0 Å². The number of nitrogens with one attached hydrogen (secondary N) is 2. The first-order chi connectivity index (χ1) is 12.2. The van der Waals surface area contributed by atoms with Crippen molar-refractivity contribution in [2.75, 3.05) is 20.2 Å². The van der Waals surface area contributed by atoms with E-state index < -0.39 is 0 Å². The number of aromatic nitrogens is 1. The fourth-order valence-electron chi connectivity index (χ4n) is 3.59. The van der Waals surface area contributed by atoms with Crippen LogP contribution in [0.2, 0.25) is 0 Å². The maximum absolute atomic E-state index is 13.5. The normalized spacial score (nSPS) is 19.3. The molecule has 2 unspecified atom stereocenters. The summed E-state index contributed by atoms with van der Waals surface area (Å²) in [6, 6.07) is 13.2. The minimum Gasteiger partial charge on any atom is -0.497 e. The molecule has 0 bridgehead atoms. The second-order valence-corrected chi connectivity index (χ2v) is 6.84. The smallest absolute Gasteiger partial charge is 0.123 e. The number of hydrogen-bond acceptors (Lipinski definition) is 2. The summed E-state index contributed by atoms with van der Waals surface area (Å²) in [5.74, 6) is 1.93. The second-order valence-electron chi connectivity index (χ2n) is 6.84. The molecule has 2 aromatic carbocycles. The first-order valence-corrected chi connectivity index (χ1v) is 8.85. The van der Waals surface area contributed by atoms with E-state index in [2.05, 4.69) is 22.4 Å². The summed E-state index contributed by atoms with van der Waals surface area (Å²) < 4.78 is 18.7. The largest absolute Gasteiger partial charge is 0.497 e. The van der Waals surface area contributed by atoms with Crippen molar-refractivity contribution >= 4 is 10.9 Å². The highest BCUT2D eigenvalue weighted by Crippen LogP contribution is 2.49. The van der Waals surface area contributed by atoms with E-state index >= 15 is 0 Å². The Morgan fingerprint density at radius 1 is 1.20 bits per heavy atom. The third kappa shape index (κ3) is 3.54. The number of benzene rings is 2. The van der Waals surface area contributed by atoms with Crippen LogP contribution in [0.15, 0.2) is 48.7 Å². The molecule has 0 amide bonds. The van der Waals surface area contributed by atoms with E-state index in [-0.39, 0.29) is 5.82 Å². The van der Waals surface area contributed by atoms with E-state index in [1.54, 1.807) is 13.2 Å². The van der Waals surface area contributed by atoms with Crippen molar-refractivity contribution in [1.82, 2.24) is 10.3 Å². The summed E-state index contributed by atoms with van der Waals surface area (Å²) in [5, 5.41) is 4.59. The monoisotopic (exact) mass is 338 g/mol. The molecule has 1 aliphatic carbocycles. The van der Waals surface area contributed by atoms with Crippen molar-refractivity contribution in [1.29, 1.82) is 0 Å². The average Bonchev–Trinajstić information content (AvgIpc) is 3.29. The molecule has 1 saturated carbocycles. The number of hydrogen-bond donors (Lipinski definition) is 2. The van der Waals surface area contributed by atoms with Crippen LogP contribution in [0.25, 0.3) is 10.9 Å². The van der Waals surface area contributed by atoms with Gasteiger partial charge in [0.2, 0.25) is 0 Å². The van der Waals surface area contributed by atoms with Gasteiger partial charge in [0.1, 0.15) is 11.6 Å². The summed E-state index contributed by atoms with van der Waals surface area (Å²) in [5.41, 5.74) is 3.60. The van der Waals surface area contributed by atoms with Gasteiger partial charge in [-0.2, -0.15) is 0 Å². The average molecular weight is 338 g/mol. The number of aromatic amines is 1. The van der Waals surface area contributed by atoms with Crippen LogP contribution in [0.3, 0.4) is 0 Å². The Morgan fingerprint density at radius 2 is 2.04 bits per heavy atom. The van der Waals surface area contributed by atoms with Gasteiger partial charge < -0.3 is 15.0 Å². The van der Waals surface area contributed by atoms with Crippen LogP contribution in [0.5, 0.6) is 5.75 Å². The first-order valence-electron chi connectivity index (χ1n) is 8.85. The number of H-pyrrole nitrogens is 1. The lowest BCUT2D eigenvalue weighted by atomic mass is 10.1. The zero-order valence-electron chi connectivity index (χ0n) is 14.4. The van der Waals surface area contributed by atoms with Gasteiger partial charge in [0.15, 0.2) is 0 Å². The van der Waals surface area contributed by atoms with Crippen LogP contribution in [0.1, 0.15) is 23.5 Å². The van der Waals surface area contributed by atoms with E-state index in [0.717, 1.165) is 36.2 Å². The molecule has 0 spiro atoms. The van der Waals surface area contributed by atoms with Crippen molar-refractivity contribution in [2.24, 2.45) is 5.92 Å². The molecule has 25 heavy (non-hydrogen) atoms. The van der Waals surface area contributed by atoms with Crippen LogP contribution < -0.4 is 10.1 Å². The van der Waals surface area contributed by atoms with E-state index in [4.69, 9.17) is 4.74 Å². The lowest BCUT2D eigenvalue weighted by molar-refractivity contribution is 0.414. The minimum atomic E-state index is -0.164. The highest BCUT2D eigenvalue weighted by molar-refractivity contribution is 5.84. The minimum absolute atomic E-state index is 0.164. The number of methoxy groups -OCH3 is 1. The summed E-state index contributed by atoms with van der Waals surface area (Å²) in [4.78, 5) is 3.26. The van der Waals surface area contributed by atoms with Gasteiger partial charge in [-0.05, 0) is 79.2 Å². The Kier molecular flexibility index (Phi) is 4.45. The van der Waals surface area contributed by atoms with Crippen molar-refractivity contribution in [3.63, 3.8) is 0 Å². The third-order valence-electron chi connectivity index (χ3n) is 5.15. The van der Waals surface area contributed by atoms with Crippen molar-refractivity contribution in [3.8, 4) is 5.75 Å². The molecule has 2 N–H and O–H groups in total. The molecule has 4 rings (SSSR count). The third-order valence-corrected chi connectivity index (χ3v) is 5.15. The number of ether oxygens (including phenoxy) is 1. The van der Waals surface area contributed by atoms with E-state index in [1.165, 1.54) is 23.6 Å². The molecule has 1 aliphatic rings. The van der Waals surface area contributed by atoms with Gasteiger partial charge >= 0.3 is 0 Å². The zero-order chi connectivity index (χ0) is 17.2. The molecule has 0 aliphatic heterocycles. The number of fused-ring (bicyclic) bond motifs is 1.